The summed E-state index contributed by atoms with van der Waals surface area (Å²) in [5.74, 6) is 2.18. The van der Waals surface area contributed by atoms with E-state index in [1.54, 1.807) is 24.3 Å². The molecular weight excluding hydrogens is 362 g/mol. The lowest BCUT2D eigenvalue weighted by Gasteiger charge is -2.08. The largest absolute Gasteiger partial charge is 0.494 e. The number of Topliss-reactive ketones (excluding diaryl/α,β-unsaturated/α-hetero) is 1. The number of alkyl halides is 1. The highest BCUT2D eigenvalue weighted by Crippen LogP contribution is 2.15. The molecule has 0 N–H and O–H groups in total. The molecule has 0 radical (unpaired) electrons. The molecule has 2 aromatic carbocycles. The molecule has 0 spiro atoms. The van der Waals surface area contributed by atoms with E-state index in [-0.39, 0.29) is 5.78 Å². The summed E-state index contributed by atoms with van der Waals surface area (Å²) in [6, 6.07) is 16.5. The van der Waals surface area contributed by atoms with E-state index in [9.17, 15) is 4.79 Å². The molecule has 0 unspecified atom stereocenters. The third kappa shape index (κ3) is 7.72. The molecule has 0 bridgehead atoms. The van der Waals surface area contributed by atoms with E-state index < -0.39 is 0 Å². The number of ketones is 1. The summed E-state index contributed by atoms with van der Waals surface area (Å²) in [5.41, 5.74) is 1.33. The Labute approximate surface area is 165 Å². The van der Waals surface area contributed by atoms with Crippen LogP contribution in [0.25, 0.3) is 0 Å². The number of benzene rings is 2. The monoisotopic (exact) mass is 385 g/mol. The minimum atomic E-state index is 0.115. The van der Waals surface area contributed by atoms with Gasteiger partial charge >= 0.3 is 0 Å². The quantitative estimate of drug-likeness (QED) is 0.279. The van der Waals surface area contributed by atoms with Gasteiger partial charge in [-0.15, -0.1) is 11.6 Å². The number of ether oxygens (including phenoxy) is 2. The first-order valence-corrected chi connectivity index (χ1v) is 9.71. The van der Waals surface area contributed by atoms with Gasteiger partial charge in [0.1, 0.15) is 11.5 Å². The molecule has 2 rings (SSSR count). The van der Waals surface area contributed by atoms with Crippen LogP contribution in [0.3, 0.4) is 0 Å². The van der Waals surface area contributed by atoms with Crippen LogP contribution in [0, 0.1) is 11.3 Å². The molecule has 27 heavy (non-hydrogen) atoms. The summed E-state index contributed by atoms with van der Waals surface area (Å²) >= 11 is 5.61. The zero-order valence-corrected chi connectivity index (χ0v) is 16.1. The third-order valence-corrected chi connectivity index (χ3v) is 4.29. The normalized spacial score (nSPS) is 10.2. The number of carbonyl (C=O) groups excluding carboxylic acids is 1. The number of nitriles is 1. The van der Waals surface area contributed by atoms with Gasteiger partial charge in [-0.25, -0.2) is 0 Å². The average molecular weight is 386 g/mol. The number of hydrogen-bond acceptors (Lipinski definition) is 4. The fourth-order valence-electron chi connectivity index (χ4n) is 2.50. The summed E-state index contributed by atoms with van der Waals surface area (Å²) in [5, 5.41) is 8.75. The molecule has 142 valence electrons. The van der Waals surface area contributed by atoms with Gasteiger partial charge in [-0.2, -0.15) is 5.26 Å². The van der Waals surface area contributed by atoms with Crippen molar-refractivity contribution in [3.8, 4) is 17.6 Å². The highest BCUT2D eigenvalue weighted by molar-refractivity contribution is 6.18. The number of carbonyl (C=O) groups is 1. The van der Waals surface area contributed by atoms with E-state index in [0.717, 1.165) is 30.8 Å². The van der Waals surface area contributed by atoms with Crippen LogP contribution in [0.5, 0.6) is 11.5 Å². The van der Waals surface area contributed by atoms with E-state index in [1.165, 1.54) is 0 Å². The Morgan fingerprint density at radius 3 is 1.93 bits per heavy atom. The Morgan fingerprint density at radius 1 is 0.852 bits per heavy atom. The second-order valence-electron chi connectivity index (χ2n) is 6.13. The fourth-order valence-corrected chi connectivity index (χ4v) is 2.63. The molecular formula is C22H24ClNO3. The molecule has 0 saturated heterocycles. The molecule has 4 nitrogen and oxygen atoms in total. The third-order valence-electron chi connectivity index (χ3n) is 4.02. The van der Waals surface area contributed by atoms with Gasteiger partial charge in [-0.3, -0.25) is 4.79 Å². The van der Waals surface area contributed by atoms with Gasteiger partial charge < -0.3 is 9.47 Å². The lowest BCUT2D eigenvalue weighted by Crippen LogP contribution is -2.02. The second kappa shape index (κ2) is 12.0. The summed E-state index contributed by atoms with van der Waals surface area (Å²) in [4.78, 5) is 11.9. The topological polar surface area (TPSA) is 59.3 Å². The van der Waals surface area contributed by atoms with Crippen LogP contribution in [-0.4, -0.2) is 24.9 Å². The van der Waals surface area contributed by atoms with Crippen LogP contribution in [0.2, 0.25) is 0 Å². The van der Waals surface area contributed by atoms with Gasteiger partial charge in [0, 0.05) is 17.9 Å². The van der Waals surface area contributed by atoms with Crippen molar-refractivity contribution in [2.24, 2.45) is 0 Å². The van der Waals surface area contributed by atoms with Gasteiger partial charge in [0.2, 0.25) is 0 Å². The van der Waals surface area contributed by atoms with E-state index in [0.29, 0.717) is 43.1 Å². The van der Waals surface area contributed by atoms with Crippen LogP contribution >= 0.6 is 11.6 Å². The van der Waals surface area contributed by atoms with E-state index in [2.05, 4.69) is 6.07 Å². The van der Waals surface area contributed by atoms with Crippen molar-refractivity contribution in [2.75, 3.05) is 19.1 Å². The van der Waals surface area contributed by atoms with Crippen molar-refractivity contribution < 1.29 is 14.3 Å². The van der Waals surface area contributed by atoms with Crippen molar-refractivity contribution in [3.63, 3.8) is 0 Å². The zero-order valence-electron chi connectivity index (χ0n) is 15.3. The molecule has 0 fully saturated rings. The Morgan fingerprint density at radius 2 is 1.41 bits per heavy atom. The highest BCUT2D eigenvalue weighted by Gasteiger charge is 2.05. The maximum atomic E-state index is 11.9. The average Bonchev–Trinajstić information content (AvgIpc) is 2.72. The summed E-state index contributed by atoms with van der Waals surface area (Å²) in [6.45, 7) is 1.28. The van der Waals surface area contributed by atoms with E-state index >= 15 is 0 Å². The Bertz CT molecular complexity index is 736. The van der Waals surface area contributed by atoms with Crippen molar-refractivity contribution in [1.82, 2.24) is 0 Å². The van der Waals surface area contributed by atoms with Crippen molar-refractivity contribution in [3.05, 3.63) is 59.7 Å². The molecule has 5 heteroatoms. The van der Waals surface area contributed by atoms with Gasteiger partial charge in [0.05, 0.1) is 24.8 Å². The van der Waals surface area contributed by atoms with E-state index in [1.807, 2.05) is 24.3 Å². The summed E-state index contributed by atoms with van der Waals surface area (Å²) in [7, 11) is 0. The highest BCUT2D eigenvalue weighted by atomic mass is 35.5. The fraction of sp³-hybridized carbons (Fsp3) is 0.364. The van der Waals surface area contributed by atoms with Crippen molar-refractivity contribution >= 4 is 17.4 Å². The van der Waals surface area contributed by atoms with Gasteiger partial charge in [-0.05, 0) is 74.2 Å². The Balaban J connectivity index is 1.57. The minimum Gasteiger partial charge on any atom is -0.494 e. The predicted octanol–water partition coefficient (Wildman–Crippen LogP) is 5.39. The molecule has 0 saturated carbocycles. The van der Waals surface area contributed by atoms with Crippen LogP contribution in [-0.2, 0) is 0 Å². The molecule has 0 aliphatic carbocycles. The number of unbranched alkanes of at least 4 members (excludes halogenated alkanes) is 2. The predicted molar refractivity (Wildman–Crippen MR) is 107 cm³/mol. The molecule has 0 heterocycles. The minimum absolute atomic E-state index is 0.115. The second-order valence-corrected chi connectivity index (χ2v) is 6.51. The molecule has 0 atom stereocenters. The number of rotatable bonds is 12. The number of nitrogens with zero attached hydrogens (tertiary/aromatic N) is 1. The molecule has 0 aliphatic rings. The SMILES string of the molecule is N#Cc1ccc(OCCCCCOc2ccc(C(=O)CCCCl)cc2)cc1. The number of halogens is 1. The Kier molecular flexibility index (Phi) is 9.23. The maximum absolute atomic E-state index is 11.9. The zero-order chi connectivity index (χ0) is 19.3. The van der Waals surface area contributed by atoms with Crippen molar-refractivity contribution in [1.29, 1.82) is 5.26 Å². The standard InChI is InChI=1S/C22H24ClNO3/c23-14-4-5-22(25)19-8-12-21(13-9-19)27-16-3-1-2-15-26-20-10-6-18(17-24)7-11-20/h6-13H,1-5,14-16H2. The van der Waals surface area contributed by atoms with E-state index in [4.69, 9.17) is 26.3 Å². The number of hydrogen-bond donors (Lipinski definition) is 0. The van der Waals surface area contributed by atoms with Gasteiger partial charge in [-0.1, -0.05) is 0 Å². The first-order chi connectivity index (χ1) is 13.2. The van der Waals surface area contributed by atoms with Crippen molar-refractivity contribution in [2.45, 2.75) is 32.1 Å². The molecule has 0 aromatic heterocycles. The lowest BCUT2D eigenvalue weighted by atomic mass is 10.1. The summed E-state index contributed by atoms with van der Waals surface area (Å²) < 4.78 is 11.4. The van der Waals surface area contributed by atoms with Crippen LogP contribution < -0.4 is 9.47 Å². The summed E-state index contributed by atoms with van der Waals surface area (Å²) in [6.07, 6.45) is 4.07. The first kappa shape index (κ1) is 20.8. The maximum Gasteiger partial charge on any atom is 0.162 e. The molecule has 0 aliphatic heterocycles. The van der Waals surface area contributed by atoms with Crippen LogP contribution in [0.15, 0.2) is 48.5 Å². The smallest absolute Gasteiger partial charge is 0.162 e. The first-order valence-electron chi connectivity index (χ1n) is 9.18. The van der Waals surface area contributed by atoms with Crippen LogP contribution in [0.1, 0.15) is 48.0 Å². The molecule has 2 aromatic rings. The Hall–Kier alpha value is -2.51. The van der Waals surface area contributed by atoms with Gasteiger partial charge in [0.15, 0.2) is 5.78 Å². The molecule has 0 amide bonds. The van der Waals surface area contributed by atoms with Crippen LogP contribution in [0.4, 0.5) is 0 Å². The van der Waals surface area contributed by atoms with Gasteiger partial charge in [0.25, 0.3) is 0 Å². The lowest BCUT2D eigenvalue weighted by molar-refractivity contribution is 0.0982.